The molecular formula is C23H26N4O2. The first-order valence-corrected chi connectivity index (χ1v) is 10.1. The lowest BCUT2D eigenvalue weighted by Crippen LogP contribution is -2.36. The van der Waals surface area contributed by atoms with Crippen molar-refractivity contribution in [2.45, 2.75) is 19.9 Å². The van der Waals surface area contributed by atoms with Gasteiger partial charge in [0, 0.05) is 25.3 Å². The van der Waals surface area contributed by atoms with E-state index >= 15 is 0 Å². The predicted molar refractivity (Wildman–Crippen MR) is 114 cm³/mol. The second-order valence-electron chi connectivity index (χ2n) is 7.05. The van der Waals surface area contributed by atoms with Gasteiger partial charge in [0.15, 0.2) is 0 Å². The van der Waals surface area contributed by atoms with Crippen LogP contribution < -0.4 is 10.2 Å². The number of para-hydroxylation sites is 1. The van der Waals surface area contributed by atoms with E-state index in [1.165, 1.54) is 5.69 Å². The van der Waals surface area contributed by atoms with E-state index in [4.69, 9.17) is 4.74 Å². The van der Waals surface area contributed by atoms with E-state index in [0.717, 1.165) is 49.7 Å². The van der Waals surface area contributed by atoms with Crippen molar-refractivity contribution < 1.29 is 9.53 Å². The maximum atomic E-state index is 12.8. The summed E-state index contributed by atoms with van der Waals surface area (Å²) in [6.07, 6.45) is 2.38. The normalized spacial score (nSPS) is 14.0. The number of amides is 1. The van der Waals surface area contributed by atoms with Crippen LogP contribution in [0.2, 0.25) is 0 Å². The summed E-state index contributed by atoms with van der Waals surface area (Å²) < 4.78 is 7.24. The van der Waals surface area contributed by atoms with Crippen molar-refractivity contribution in [3.8, 4) is 5.69 Å². The summed E-state index contributed by atoms with van der Waals surface area (Å²) in [7, 11) is 0. The molecule has 150 valence electrons. The Bertz CT molecular complexity index is 945. The van der Waals surface area contributed by atoms with Crippen LogP contribution in [0.25, 0.3) is 5.69 Å². The topological polar surface area (TPSA) is 59.4 Å². The SMILES string of the molecule is CCc1c(C(=O)NCc2ccc(N3CCOCC3)cc2)cnn1-c1ccccc1. The number of carbonyl (C=O) groups excluding carboxylic acids is 1. The smallest absolute Gasteiger partial charge is 0.255 e. The van der Waals surface area contributed by atoms with Gasteiger partial charge in [-0.15, -0.1) is 0 Å². The first kappa shape index (κ1) is 19.2. The van der Waals surface area contributed by atoms with Gasteiger partial charge in [-0.1, -0.05) is 37.3 Å². The van der Waals surface area contributed by atoms with Gasteiger partial charge >= 0.3 is 0 Å². The van der Waals surface area contributed by atoms with E-state index in [9.17, 15) is 4.79 Å². The predicted octanol–water partition coefficient (Wildman–Crippen LogP) is 3.20. The van der Waals surface area contributed by atoms with Gasteiger partial charge in [0.25, 0.3) is 5.91 Å². The standard InChI is InChI=1S/C23H26N4O2/c1-2-22-21(17-25-27(22)20-6-4-3-5-7-20)23(28)24-16-18-8-10-19(11-9-18)26-12-14-29-15-13-26/h3-11,17H,2,12-16H2,1H3,(H,24,28). The molecule has 3 aromatic rings. The molecule has 29 heavy (non-hydrogen) atoms. The molecule has 4 rings (SSSR count). The van der Waals surface area contributed by atoms with Crippen LogP contribution in [-0.2, 0) is 17.7 Å². The molecule has 0 saturated carbocycles. The Hall–Kier alpha value is -3.12. The fourth-order valence-electron chi connectivity index (χ4n) is 3.62. The number of ether oxygens (including phenoxy) is 1. The van der Waals surface area contributed by atoms with Crippen molar-refractivity contribution in [2.24, 2.45) is 0 Å². The van der Waals surface area contributed by atoms with E-state index < -0.39 is 0 Å². The number of benzene rings is 2. The quantitative estimate of drug-likeness (QED) is 0.702. The van der Waals surface area contributed by atoms with Crippen LogP contribution in [0.5, 0.6) is 0 Å². The molecule has 2 heterocycles. The third kappa shape index (κ3) is 4.32. The number of carbonyl (C=O) groups is 1. The van der Waals surface area contributed by atoms with Crippen molar-refractivity contribution in [2.75, 3.05) is 31.2 Å². The van der Waals surface area contributed by atoms with E-state index in [2.05, 4.69) is 39.6 Å². The van der Waals surface area contributed by atoms with Crippen LogP contribution in [-0.4, -0.2) is 42.0 Å². The van der Waals surface area contributed by atoms with Gasteiger partial charge < -0.3 is 15.0 Å². The highest BCUT2D eigenvalue weighted by Crippen LogP contribution is 2.18. The van der Waals surface area contributed by atoms with E-state index in [1.807, 2.05) is 41.9 Å². The van der Waals surface area contributed by atoms with Gasteiger partial charge in [-0.25, -0.2) is 4.68 Å². The number of rotatable bonds is 6. The highest BCUT2D eigenvalue weighted by molar-refractivity contribution is 5.95. The molecule has 0 bridgehead atoms. The second-order valence-corrected chi connectivity index (χ2v) is 7.05. The largest absolute Gasteiger partial charge is 0.378 e. The number of aromatic nitrogens is 2. The van der Waals surface area contributed by atoms with Crippen LogP contribution in [0.4, 0.5) is 5.69 Å². The van der Waals surface area contributed by atoms with Crippen molar-refractivity contribution in [1.82, 2.24) is 15.1 Å². The monoisotopic (exact) mass is 390 g/mol. The zero-order valence-corrected chi connectivity index (χ0v) is 16.7. The molecule has 1 aromatic heterocycles. The molecule has 6 nitrogen and oxygen atoms in total. The zero-order valence-electron chi connectivity index (χ0n) is 16.7. The molecule has 6 heteroatoms. The fourth-order valence-corrected chi connectivity index (χ4v) is 3.62. The molecule has 0 unspecified atom stereocenters. The Kier molecular flexibility index (Phi) is 5.91. The molecule has 1 N–H and O–H groups in total. The van der Waals surface area contributed by atoms with Crippen molar-refractivity contribution in [1.29, 1.82) is 0 Å². The molecule has 0 atom stereocenters. The average Bonchev–Trinajstić information content (AvgIpc) is 3.23. The molecule has 1 amide bonds. The minimum absolute atomic E-state index is 0.0960. The molecule has 1 fully saturated rings. The average molecular weight is 390 g/mol. The van der Waals surface area contributed by atoms with Crippen LogP contribution in [0, 0.1) is 0 Å². The van der Waals surface area contributed by atoms with Gasteiger partial charge in [0.1, 0.15) is 0 Å². The zero-order chi connectivity index (χ0) is 20.1. The number of anilines is 1. The minimum Gasteiger partial charge on any atom is -0.378 e. The van der Waals surface area contributed by atoms with Crippen molar-refractivity contribution in [3.05, 3.63) is 77.6 Å². The molecule has 1 aliphatic rings. The highest BCUT2D eigenvalue weighted by atomic mass is 16.5. The Balaban J connectivity index is 1.41. The fraction of sp³-hybridized carbons (Fsp3) is 0.304. The number of nitrogens with zero attached hydrogens (tertiary/aromatic N) is 3. The summed E-state index contributed by atoms with van der Waals surface area (Å²) in [5.74, 6) is -0.0960. The Morgan fingerprint density at radius 2 is 1.76 bits per heavy atom. The molecule has 1 saturated heterocycles. The summed E-state index contributed by atoms with van der Waals surface area (Å²) in [4.78, 5) is 15.1. The van der Waals surface area contributed by atoms with Crippen molar-refractivity contribution in [3.63, 3.8) is 0 Å². The van der Waals surface area contributed by atoms with Gasteiger partial charge in [0.2, 0.25) is 0 Å². The van der Waals surface area contributed by atoms with Gasteiger partial charge in [-0.05, 0) is 36.2 Å². The van der Waals surface area contributed by atoms with Crippen LogP contribution in [0.3, 0.4) is 0 Å². The molecule has 0 spiro atoms. The summed E-state index contributed by atoms with van der Waals surface area (Å²) in [5.41, 5.74) is 4.77. The molecule has 0 aliphatic carbocycles. The highest BCUT2D eigenvalue weighted by Gasteiger charge is 2.17. The molecule has 2 aromatic carbocycles. The number of hydrogen-bond donors (Lipinski definition) is 1. The molecule has 1 aliphatic heterocycles. The van der Waals surface area contributed by atoms with Gasteiger partial charge in [-0.3, -0.25) is 4.79 Å². The lowest BCUT2D eigenvalue weighted by atomic mass is 10.1. The third-order valence-electron chi connectivity index (χ3n) is 5.21. The summed E-state index contributed by atoms with van der Waals surface area (Å²) in [6, 6.07) is 18.2. The van der Waals surface area contributed by atoms with E-state index in [1.54, 1.807) is 6.20 Å². The maximum absolute atomic E-state index is 12.8. The molecule has 0 radical (unpaired) electrons. The van der Waals surface area contributed by atoms with Gasteiger partial charge in [0.05, 0.1) is 36.4 Å². The summed E-state index contributed by atoms with van der Waals surface area (Å²) >= 11 is 0. The number of nitrogens with one attached hydrogen (secondary N) is 1. The summed E-state index contributed by atoms with van der Waals surface area (Å²) in [5, 5.41) is 7.46. The lowest BCUT2D eigenvalue weighted by molar-refractivity contribution is 0.0950. The third-order valence-corrected chi connectivity index (χ3v) is 5.21. The van der Waals surface area contributed by atoms with E-state index in [0.29, 0.717) is 12.1 Å². The first-order valence-electron chi connectivity index (χ1n) is 10.1. The lowest BCUT2D eigenvalue weighted by Gasteiger charge is -2.28. The maximum Gasteiger partial charge on any atom is 0.255 e. The Morgan fingerprint density at radius 1 is 1.03 bits per heavy atom. The molecular weight excluding hydrogens is 364 g/mol. The number of hydrogen-bond acceptors (Lipinski definition) is 4. The minimum atomic E-state index is -0.0960. The van der Waals surface area contributed by atoms with Crippen molar-refractivity contribution >= 4 is 11.6 Å². The Labute approximate surface area is 171 Å². The second kappa shape index (κ2) is 8.92. The summed E-state index contributed by atoms with van der Waals surface area (Å²) in [6.45, 7) is 5.91. The van der Waals surface area contributed by atoms with E-state index in [-0.39, 0.29) is 5.91 Å². The van der Waals surface area contributed by atoms with Crippen LogP contribution in [0.15, 0.2) is 60.8 Å². The Morgan fingerprint density at radius 3 is 2.45 bits per heavy atom. The first-order chi connectivity index (χ1) is 14.3. The van der Waals surface area contributed by atoms with Gasteiger partial charge in [-0.2, -0.15) is 5.10 Å². The number of morpholine rings is 1. The van der Waals surface area contributed by atoms with Crippen LogP contribution >= 0.6 is 0 Å². The van der Waals surface area contributed by atoms with Crippen LogP contribution in [0.1, 0.15) is 28.5 Å².